The van der Waals surface area contributed by atoms with Gasteiger partial charge in [-0.1, -0.05) is 48.5 Å². The van der Waals surface area contributed by atoms with Crippen LogP contribution in [0.3, 0.4) is 0 Å². The summed E-state index contributed by atoms with van der Waals surface area (Å²) in [5, 5.41) is 6.63. The van der Waals surface area contributed by atoms with Gasteiger partial charge in [-0.25, -0.2) is 0 Å². The van der Waals surface area contributed by atoms with Crippen molar-refractivity contribution in [3.63, 3.8) is 0 Å². The van der Waals surface area contributed by atoms with E-state index in [-0.39, 0.29) is 11.9 Å². The molecule has 0 fully saturated rings. The van der Waals surface area contributed by atoms with Gasteiger partial charge in [0.15, 0.2) is 11.5 Å². The minimum absolute atomic E-state index is 0.0272. The molecule has 7 nitrogen and oxygen atoms in total. The lowest BCUT2D eigenvalue weighted by atomic mass is 9.88. The van der Waals surface area contributed by atoms with E-state index in [9.17, 15) is 4.79 Å². The molecule has 1 aromatic heterocycles. The van der Waals surface area contributed by atoms with Gasteiger partial charge in [0.25, 0.3) is 0 Å². The highest BCUT2D eigenvalue weighted by atomic mass is 16.5. The number of amides is 1. The van der Waals surface area contributed by atoms with Crippen LogP contribution in [0, 0.1) is 0 Å². The predicted molar refractivity (Wildman–Crippen MR) is 158 cm³/mol. The second-order valence-corrected chi connectivity index (χ2v) is 10.0. The summed E-state index contributed by atoms with van der Waals surface area (Å²) in [7, 11) is 3.30. The Labute approximate surface area is 236 Å². The molecule has 2 heterocycles. The lowest BCUT2D eigenvalue weighted by molar-refractivity contribution is -0.123. The molecule has 3 aromatic carbocycles. The average Bonchev–Trinajstić information content (AvgIpc) is 3.01. The van der Waals surface area contributed by atoms with Crippen LogP contribution in [-0.2, 0) is 30.7 Å². The van der Waals surface area contributed by atoms with Crippen LogP contribution in [0.25, 0.3) is 0 Å². The van der Waals surface area contributed by atoms with Crippen molar-refractivity contribution >= 4 is 11.6 Å². The largest absolute Gasteiger partial charge is 0.493 e. The molecule has 5 rings (SSSR count). The highest BCUT2D eigenvalue weighted by Crippen LogP contribution is 2.36. The number of pyridine rings is 1. The highest BCUT2D eigenvalue weighted by molar-refractivity contribution is 5.78. The molecule has 1 unspecified atom stereocenters. The monoisotopic (exact) mass is 536 g/mol. The van der Waals surface area contributed by atoms with Crippen molar-refractivity contribution in [2.45, 2.75) is 32.0 Å². The first-order valence-corrected chi connectivity index (χ1v) is 13.6. The maximum absolute atomic E-state index is 13.0. The Bertz CT molecular complexity index is 1410. The predicted octanol–water partition coefficient (Wildman–Crippen LogP) is 5.17. The van der Waals surface area contributed by atoms with Crippen molar-refractivity contribution in [3.8, 4) is 11.5 Å². The summed E-state index contributed by atoms with van der Waals surface area (Å²) in [4.78, 5) is 19.5. The maximum Gasteiger partial charge on any atom is 0.234 e. The van der Waals surface area contributed by atoms with Crippen LogP contribution < -0.4 is 20.1 Å². The number of nitrogens with zero attached hydrogens (tertiary/aromatic N) is 2. The van der Waals surface area contributed by atoms with Crippen LogP contribution in [0.5, 0.6) is 11.5 Å². The van der Waals surface area contributed by atoms with Gasteiger partial charge in [-0.05, 0) is 71.0 Å². The standard InChI is InChI=1S/C33H36N4O3/c1-39-31-13-10-25(18-32(31)40-2)17-30-29-12-11-28(35-22-26-9-6-15-34-20-26)19-27(29)14-16-37(30)23-33(38)36-21-24-7-4-3-5-8-24/h3-13,15,18-20,30,35H,14,16-17,21-23H2,1-2H3,(H,36,38). The molecule has 40 heavy (non-hydrogen) atoms. The van der Waals surface area contributed by atoms with Gasteiger partial charge in [-0.15, -0.1) is 0 Å². The normalized spacial score (nSPS) is 14.7. The average molecular weight is 537 g/mol. The molecule has 1 atom stereocenters. The Morgan fingerprint density at radius 1 is 0.900 bits per heavy atom. The molecule has 4 aromatic rings. The summed E-state index contributed by atoms with van der Waals surface area (Å²) in [6.07, 6.45) is 5.30. The summed E-state index contributed by atoms with van der Waals surface area (Å²) >= 11 is 0. The number of ether oxygens (including phenoxy) is 2. The molecule has 0 saturated carbocycles. The zero-order valence-corrected chi connectivity index (χ0v) is 23.1. The van der Waals surface area contributed by atoms with Crippen molar-refractivity contribution in [2.24, 2.45) is 0 Å². The maximum atomic E-state index is 13.0. The first kappa shape index (κ1) is 27.2. The SMILES string of the molecule is COc1ccc(CC2c3ccc(NCc4cccnc4)cc3CCN2CC(=O)NCc2ccccc2)cc1OC. The summed E-state index contributed by atoms with van der Waals surface area (Å²) in [6, 6.07) is 26.7. The smallest absolute Gasteiger partial charge is 0.234 e. The molecular weight excluding hydrogens is 500 g/mol. The highest BCUT2D eigenvalue weighted by Gasteiger charge is 2.29. The van der Waals surface area contributed by atoms with Crippen molar-refractivity contribution in [1.29, 1.82) is 0 Å². The van der Waals surface area contributed by atoms with Crippen molar-refractivity contribution in [1.82, 2.24) is 15.2 Å². The van der Waals surface area contributed by atoms with E-state index < -0.39 is 0 Å². The molecule has 1 aliphatic heterocycles. The third-order valence-electron chi connectivity index (χ3n) is 7.39. The number of aromatic nitrogens is 1. The van der Waals surface area contributed by atoms with Gasteiger partial charge < -0.3 is 20.1 Å². The zero-order valence-electron chi connectivity index (χ0n) is 23.1. The summed E-state index contributed by atoms with van der Waals surface area (Å²) in [6.45, 7) is 2.38. The van der Waals surface area contributed by atoms with Crippen LogP contribution >= 0.6 is 0 Å². The first-order chi connectivity index (χ1) is 19.6. The summed E-state index contributed by atoms with van der Waals surface area (Å²) in [5.41, 5.74) is 7.00. The van der Waals surface area contributed by atoms with Gasteiger partial charge >= 0.3 is 0 Å². The Kier molecular flexibility index (Phi) is 8.93. The third kappa shape index (κ3) is 6.79. The van der Waals surface area contributed by atoms with Crippen molar-refractivity contribution in [3.05, 3.63) is 119 Å². The molecule has 1 aliphatic rings. The van der Waals surface area contributed by atoms with Gasteiger partial charge in [0.1, 0.15) is 0 Å². The third-order valence-corrected chi connectivity index (χ3v) is 7.39. The molecule has 7 heteroatoms. The van der Waals surface area contributed by atoms with Gasteiger partial charge in [0, 0.05) is 43.8 Å². The number of methoxy groups -OCH3 is 2. The summed E-state index contributed by atoms with van der Waals surface area (Å²) < 4.78 is 11.0. The minimum atomic E-state index is 0.0272. The number of fused-ring (bicyclic) bond motifs is 1. The van der Waals surface area contributed by atoms with Gasteiger partial charge in [0.2, 0.25) is 5.91 Å². The van der Waals surface area contributed by atoms with Crippen LogP contribution in [0.15, 0.2) is 91.3 Å². The van der Waals surface area contributed by atoms with Crippen LogP contribution in [0.1, 0.15) is 33.9 Å². The molecule has 0 saturated heterocycles. The Morgan fingerprint density at radius 2 is 1.73 bits per heavy atom. The number of carbonyl (C=O) groups excluding carboxylic acids is 1. The fourth-order valence-corrected chi connectivity index (χ4v) is 5.28. The van der Waals surface area contributed by atoms with E-state index >= 15 is 0 Å². The van der Waals surface area contributed by atoms with Crippen molar-refractivity contribution < 1.29 is 14.3 Å². The van der Waals surface area contributed by atoms with Gasteiger partial charge in [-0.3, -0.25) is 14.7 Å². The second-order valence-electron chi connectivity index (χ2n) is 10.0. The Balaban J connectivity index is 1.35. The molecule has 2 N–H and O–H groups in total. The van der Waals surface area contributed by atoms with Crippen LogP contribution in [-0.4, -0.2) is 43.1 Å². The molecule has 0 spiro atoms. The second kappa shape index (κ2) is 13.1. The number of anilines is 1. The van der Waals surface area contributed by atoms with Crippen LogP contribution in [0.2, 0.25) is 0 Å². The number of benzene rings is 3. The van der Waals surface area contributed by atoms with Gasteiger partial charge in [-0.2, -0.15) is 0 Å². The van der Waals surface area contributed by atoms with E-state index in [2.05, 4.69) is 50.8 Å². The fourth-order valence-electron chi connectivity index (χ4n) is 5.28. The van der Waals surface area contributed by atoms with Gasteiger partial charge in [0.05, 0.1) is 20.8 Å². The van der Waals surface area contributed by atoms with Crippen molar-refractivity contribution in [2.75, 3.05) is 32.6 Å². The van der Waals surface area contributed by atoms with E-state index in [1.165, 1.54) is 11.1 Å². The molecule has 0 aliphatic carbocycles. The molecule has 206 valence electrons. The number of hydrogen-bond acceptors (Lipinski definition) is 6. The minimum Gasteiger partial charge on any atom is -0.493 e. The Morgan fingerprint density at radius 3 is 2.50 bits per heavy atom. The van der Waals surface area contributed by atoms with E-state index in [1.54, 1.807) is 20.4 Å². The first-order valence-electron chi connectivity index (χ1n) is 13.6. The van der Waals surface area contributed by atoms with E-state index in [0.717, 1.165) is 48.3 Å². The topological polar surface area (TPSA) is 75.7 Å². The molecular formula is C33H36N4O3. The number of carbonyl (C=O) groups is 1. The van der Waals surface area contributed by atoms with E-state index in [4.69, 9.17) is 9.47 Å². The number of nitrogens with one attached hydrogen (secondary N) is 2. The lowest BCUT2D eigenvalue weighted by Gasteiger charge is -2.37. The molecule has 1 amide bonds. The number of hydrogen-bond donors (Lipinski definition) is 2. The quantitative estimate of drug-likeness (QED) is 0.276. The molecule has 0 radical (unpaired) electrons. The molecule has 0 bridgehead atoms. The fraction of sp³-hybridized carbons (Fsp3) is 0.273. The Hall–Kier alpha value is -4.36. The van der Waals surface area contributed by atoms with E-state index in [0.29, 0.717) is 24.6 Å². The number of rotatable bonds is 11. The van der Waals surface area contributed by atoms with E-state index in [1.807, 2.05) is 54.7 Å². The lowest BCUT2D eigenvalue weighted by Crippen LogP contribution is -2.43. The summed E-state index contributed by atoms with van der Waals surface area (Å²) in [5.74, 6) is 1.44. The van der Waals surface area contributed by atoms with Crippen LogP contribution in [0.4, 0.5) is 5.69 Å². The zero-order chi connectivity index (χ0) is 27.7.